The maximum Gasteiger partial charge on any atom is 0.401 e. The average molecular weight is 384 g/mol. The molecule has 1 fully saturated rings. The summed E-state index contributed by atoms with van der Waals surface area (Å²) < 4.78 is 38.9. The Labute approximate surface area is 146 Å². The molecular weight excluding hydrogens is 365 g/mol. The Bertz CT molecular complexity index is 555. The number of hydrogen-bond donors (Lipinski definition) is 2. The normalized spacial score (nSPS) is 20.0. The van der Waals surface area contributed by atoms with Crippen LogP contribution in [0, 0.1) is 5.92 Å². The predicted octanol–water partition coefficient (Wildman–Crippen LogP) is 1.02. The number of thioether (sulfide) groups is 1. The molecule has 142 valence electrons. The van der Waals surface area contributed by atoms with Gasteiger partial charge >= 0.3 is 12.1 Å². The first-order chi connectivity index (χ1) is 11.4. The summed E-state index contributed by atoms with van der Waals surface area (Å²) in [7, 11) is 0. The number of hydrogen-bond acceptors (Lipinski definition) is 5. The first kappa shape index (κ1) is 21.3. The van der Waals surface area contributed by atoms with E-state index >= 15 is 0 Å². The molecule has 1 rings (SSSR count). The number of nitrogens with zero attached hydrogens (tertiary/aromatic N) is 1. The number of likely N-dealkylation sites (tertiary alicyclic amines) is 1. The highest BCUT2D eigenvalue weighted by molar-refractivity contribution is 8.13. The number of nitrogens with one attached hydrogen (secondary N) is 1. The predicted molar refractivity (Wildman–Crippen MR) is 82.7 cm³/mol. The van der Waals surface area contributed by atoms with Crippen LogP contribution in [-0.4, -0.2) is 63.5 Å². The van der Waals surface area contributed by atoms with Gasteiger partial charge in [-0.15, -0.1) is 0 Å². The molecule has 1 aliphatic rings. The van der Waals surface area contributed by atoms with Gasteiger partial charge < -0.3 is 15.3 Å². The number of carbonyl (C=O) groups is 4. The van der Waals surface area contributed by atoms with Crippen molar-refractivity contribution in [2.24, 2.45) is 5.92 Å². The molecule has 0 spiro atoms. The second kappa shape index (κ2) is 8.54. The number of rotatable bonds is 6. The molecule has 2 N–H and O–H groups in total. The van der Waals surface area contributed by atoms with Gasteiger partial charge in [0.05, 0.1) is 0 Å². The molecular formula is C14H19F3N2O5S. The van der Waals surface area contributed by atoms with Crippen molar-refractivity contribution in [3.05, 3.63) is 0 Å². The first-order valence-electron chi connectivity index (χ1n) is 7.49. The lowest BCUT2D eigenvalue weighted by molar-refractivity contribution is -0.178. The zero-order valence-electron chi connectivity index (χ0n) is 13.6. The van der Waals surface area contributed by atoms with Gasteiger partial charge in [-0.05, 0) is 19.8 Å². The molecule has 0 aromatic carbocycles. The Hall–Kier alpha value is -1.78. The summed E-state index contributed by atoms with van der Waals surface area (Å²) in [5, 5.41) is 10.5. The van der Waals surface area contributed by atoms with Crippen LogP contribution in [0.2, 0.25) is 0 Å². The third-order valence-electron chi connectivity index (χ3n) is 3.72. The Morgan fingerprint density at radius 1 is 1.32 bits per heavy atom. The smallest absolute Gasteiger partial charge is 0.401 e. The molecule has 7 nitrogen and oxygen atoms in total. The molecule has 0 radical (unpaired) electrons. The number of amides is 2. The van der Waals surface area contributed by atoms with Crippen molar-refractivity contribution in [2.45, 2.75) is 44.9 Å². The quantitative estimate of drug-likeness (QED) is 0.709. The fourth-order valence-corrected chi connectivity index (χ4v) is 3.17. The van der Waals surface area contributed by atoms with Crippen molar-refractivity contribution in [1.82, 2.24) is 10.2 Å². The lowest BCUT2D eigenvalue weighted by Gasteiger charge is -2.27. The van der Waals surface area contributed by atoms with Gasteiger partial charge in [0, 0.05) is 19.2 Å². The minimum absolute atomic E-state index is 0.166. The molecule has 1 unspecified atom stereocenters. The van der Waals surface area contributed by atoms with Crippen LogP contribution in [-0.2, 0) is 19.2 Å². The van der Waals surface area contributed by atoms with Gasteiger partial charge in [0.1, 0.15) is 18.0 Å². The van der Waals surface area contributed by atoms with E-state index in [1.54, 1.807) is 0 Å². The number of aliphatic carboxylic acids is 1. The van der Waals surface area contributed by atoms with E-state index < -0.39 is 52.8 Å². The molecule has 11 heteroatoms. The maximum atomic E-state index is 13.0. The van der Waals surface area contributed by atoms with E-state index in [4.69, 9.17) is 5.11 Å². The van der Waals surface area contributed by atoms with Crippen LogP contribution in [0.4, 0.5) is 13.2 Å². The van der Waals surface area contributed by atoms with E-state index in [1.165, 1.54) is 6.92 Å². The number of carboxylic acid groups (broad SMARTS) is 1. The van der Waals surface area contributed by atoms with Crippen molar-refractivity contribution in [3.8, 4) is 0 Å². The van der Waals surface area contributed by atoms with Gasteiger partial charge in [0.15, 0.2) is 5.12 Å². The van der Waals surface area contributed by atoms with Crippen LogP contribution >= 0.6 is 11.8 Å². The van der Waals surface area contributed by atoms with Gasteiger partial charge in [0.2, 0.25) is 11.8 Å². The van der Waals surface area contributed by atoms with Crippen molar-refractivity contribution in [1.29, 1.82) is 0 Å². The van der Waals surface area contributed by atoms with Gasteiger partial charge in [0.25, 0.3) is 0 Å². The standard InChI is InChI=1S/C14H19F3N2O5S/c1-7(12(22)19-5-3-4-10(19)13(23)24)18-11(21)9(14(15,16)17)6-25-8(2)20/h7,9-10H,3-6H2,1-2H3,(H,18,21)(H,23,24)/t7-,9?,10-/m0/s1. The zero-order valence-corrected chi connectivity index (χ0v) is 14.4. The average Bonchev–Trinajstić information content (AvgIpc) is 2.94. The minimum atomic E-state index is -4.87. The summed E-state index contributed by atoms with van der Waals surface area (Å²) in [6.07, 6.45) is -4.15. The number of carboxylic acids is 1. The first-order valence-corrected chi connectivity index (χ1v) is 8.47. The molecule has 1 heterocycles. The van der Waals surface area contributed by atoms with E-state index in [0.29, 0.717) is 18.2 Å². The van der Waals surface area contributed by atoms with Crippen LogP contribution < -0.4 is 5.32 Å². The molecule has 25 heavy (non-hydrogen) atoms. The second-order valence-electron chi connectivity index (χ2n) is 5.65. The van der Waals surface area contributed by atoms with Gasteiger partial charge in [-0.2, -0.15) is 13.2 Å². The van der Waals surface area contributed by atoms with Crippen LogP contribution in [0.5, 0.6) is 0 Å². The number of alkyl halides is 3. The highest BCUT2D eigenvalue weighted by Gasteiger charge is 2.46. The SMILES string of the molecule is CC(=O)SCC(C(=O)N[C@@H](C)C(=O)N1CCC[C@H]1C(=O)O)C(F)(F)F. The Kier molecular flexibility index (Phi) is 7.27. The largest absolute Gasteiger partial charge is 0.480 e. The summed E-state index contributed by atoms with van der Waals surface area (Å²) in [6.45, 7) is 2.45. The van der Waals surface area contributed by atoms with Gasteiger partial charge in [-0.3, -0.25) is 14.4 Å². The van der Waals surface area contributed by atoms with Crippen LogP contribution in [0.25, 0.3) is 0 Å². The van der Waals surface area contributed by atoms with Crippen LogP contribution in [0.15, 0.2) is 0 Å². The summed E-state index contributed by atoms with van der Waals surface area (Å²) in [5.41, 5.74) is 0. The highest BCUT2D eigenvalue weighted by Crippen LogP contribution is 2.30. The lowest BCUT2D eigenvalue weighted by atomic mass is 10.1. The molecule has 0 saturated carbocycles. The molecule has 0 aromatic rings. The third-order valence-corrected chi connectivity index (χ3v) is 4.62. The summed E-state index contributed by atoms with van der Waals surface area (Å²) >= 11 is 0.367. The molecule has 0 aromatic heterocycles. The van der Waals surface area contributed by atoms with Crippen molar-refractivity contribution >= 4 is 34.7 Å². The molecule has 1 aliphatic heterocycles. The monoisotopic (exact) mass is 384 g/mol. The Balaban J connectivity index is 2.76. The topological polar surface area (TPSA) is 104 Å². The fraction of sp³-hybridized carbons (Fsp3) is 0.714. The molecule has 0 aliphatic carbocycles. The molecule has 1 saturated heterocycles. The minimum Gasteiger partial charge on any atom is -0.480 e. The van der Waals surface area contributed by atoms with Crippen molar-refractivity contribution in [2.75, 3.05) is 12.3 Å². The van der Waals surface area contributed by atoms with E-state index in [1.807, 2.05) is 5.32 Å². The van der Waals surface area contributed by atoms with Crippen LogP contribution in [0.1, 0.15) is 26.7 Å². The number of halogens is 3. The summed E-state index contributed by atoms with van der Waals surface area (Å²) in [5.74, 6) is -6.60. The Morgan fingerprint density at radius 2 is 1.92 bits per heavy atom. The third kappa shape index (κ3) is 5.91. The number of carbonyl (C=O) groups excluding carboxylic acids is 3. The van der Waals surface area contributed by atoms with Gasteiger partial charge in [-0.1, -0.05) is 11.8 Å². The second-order valence-corrected chi connectivity index (χ2v) is 6.85. The van der Waals surface area contributed by atoms with Crippen molar-refractivity contribution in [3.63, 3.8) is 0 Å². The van der Waals surface area contributed by atoms with E-state index in [9.17, 15) is 32.3 Å². The van der Waals surface area contributed by atoms with E-state index in [0.717, 1.165) is 11.8 Å². The molecule has 0 bridgehead atoms. The van der Waals surface area contributed by atoms with E-state index in [-0.39, 0.29) is 13.0 Å². The summed E-state index contributed by atoms with van der Waals surface area (Å²) in [4.78, 5) is 47.1. The van der Waals surface area contributed by atoms with Crippen molar-refractivity contribution < 1.29 is 37.5 Å². The Morgan fingerprint density at radius 3 is 2.40 bits per heavy atom. The van der Waals surface area contributed by atoms with E-state index in [2.05, 4.69) is 0 Å². The maximum absolute atomic E-state index is 13.0. The zero-order chi connectivity index (χ0) is 19.4. The summed E-state index contributed by atoms with van der Waals surface area (Å²) in [6, 6.07) is -2.35. The lowest BCUT2D eigenvalue weighted by Crippen LogP contribution is -2.53. The fourth-order valence-electron chi connectivity index (χ4n) is 2.43. The molecule has 3 atom stereocenters. The van der Waals surface area contributed by atoms with Crippen LogP contribution in [0.3, 0.4) is 0 Å². The van der Waals surface area contributed by atoms with Gasteiger partial charge in [-0.25, -0.2) is 4.79 Å². The highest BCUT2D eigenvalue weighted by atomic mass is 32.2. The molecule has 2 amide bonds.